The van der Waals surface area contributed by atoms with Crippen LogP contribution in [0, 0.1) is 6.92 Å². The summed E-state index contributed by atoms with van der Waals surface area (Å²) in [5.41, 5.74) is 2.24. The molecule has 98 valence electrons. The lowest BCUT2D eigenvalue weighted by Crippen LogP contribution is -2.23. The predicted molar refractivity (Wildman–Crippen MR) is 69.1 cm³/mol. The lowest BCUT2D eigenvalue weighted by atomic mass is 10.1. The first kappa shape index (κ1) is 12.8. The van der Waals surface area contributed by atoms with Crippen LogP contribution in [-0.2, 0) is 20.0 Å². The van der Waals surface area contributed by atoms with Crippen molar-refractivity contribution >= 4 is 0 Å². The Morgan fingerprint density at radius 1 is 1.44 bits per heavy atom. The summed E-state index contributed by atoms with van der Waals surface area (Å²) >= 11 is 0. The van der Waals surface area contributed by atoms with Gasteiger partial charge in [-0.25, -0.2) is 4.98 Å². The van der Waals surface area contributed by atoms with Gasteiger partial charge in [-0.3, -0.25) is 9.36 Å². The van der Waals surface area contributed by atoms with Crippen molar-refractivity contribution in [2.75, 3.05) is 7.05 Å². The molecule has 6 nitrogen and oxygen atoms in total. The number of nitrogens with zero attached hydrogens (tertiary/aromatic N) is 5. The van der Waals surface area contributed by atoms with E-state index in [0.717, 1.165) is 24.5 Å². The zero-order chi connectivity index (χ0) is 13.1. The molecule has 2 rings (SSSR count). The van der Waals surface area contributed by atoms with Crippen molar-refractivity contribution in [3.63, 3.8) is 0 Å². The Balaban J connectivity index is 2.25. The maximum Gasteiger partial charge on any atom is 0.138 e. The molecule has 0 aliphatic carbocycles. The molecule has 1 unspecified atom stereocenters. The monoisotopic (exact) mass is 248 g/mol. The topological polar surface area (TPSA) is 60.6 Å². The van der Waals surface area contributed by atoms with Crippen LogP contribution < -0.4 is 5.32 Å². The third-order valence-electron chi connectivity index (χ3n) is 3.13. The molecule has 0 radical (unpaired) electrons. The van der Waals surface area contributed by atoms with Crippen molar-refractivity contribution in [2.24, 2.45) is 7.05 Å². The Hall–Kier alpha value is -1.69. The van der Waals surface area contributed by atoms with Crippen LogP contribution in [-0.4, -0.2) is 31.6 Å². The van der Waals surface area contributed by atoms with E-state index in [9.17, 15) is 0 Å². The van der Waals surface area contributed by atoms with Gasteiger partial charge in [-0.15, -0.1) is 0 Å². The second kappa shape index (κ2) is 5.30. The fraction of sp³-hybridized carbons (Fsp3) is 0.583. The molecule has 2 aromatic rings. The van der Waals surface area contributed by atoms with Gasteiger partial charge in [0.15, 0.2) is 0 Å². The van der Waals surface area contributed by atoms with Gasteiger partial charge in [0.1, 0.15) is 12.2 Å². The van der Waals surface area contributed by atoms with Gasteiger partial charge in [-0.1, -0.05) is 0 Å². The first-order valence-corrected chi connectivity index (χ1v) is 6.20. The summed E-state index contributed by atoms with van der Waals surface area (Å²) in [6, 6.07) is 2.33. The van der Waals surface area contributed by atoms with Gasteiger partial charge in [0, 0.05) is 20.0 Å². The third kappa shape index (κ3) is 2.43. The molecular weight excluding hydrogens is 228 g/mol. The summed E-state index contributed by atoms with van der Waals surface area (Å²) in [6.07, 6.45) is 2.39. The summed E-state index contributed by atoms with van der Waals surface area (Å²) in [5.74, 6) is 0.968. The highest BCUT2D eigenvalue weighted by Gasteiger charge is 2.17. The average molecular weight is 248 g/mol. The molecule has 1 N–H and O–H groups in total. The number of rotatable bonds is 5. The minimum Gasteiger partial charge on any atom is -0.311 e. The molecule has 6 heteroatoms. The minimum absolute atomic E-state index is 0.203. The number of aryl methyl sites for hydroxylation is 3. The zero-order valence-corrected chi connectivity index (χ0v) is 11.4. The highest BCUT2D eigenvalue weighted by atomic mass is 15.3. The summed E-state index contributed by atoms with van der Waals surface area (Å²) in [6.45, 7) is 5.00. The van der Waals surface area contributed by atoms with Crippen LogP contribution in [0.25, 0.3) is 0 Å². The van der Waals surface area contributed by atoms with Gasteiger partial charge in [-0.05, 0) is 27.0 Å². The molecule has 0 saturated carbocycles. The molecule has 0 aliphatic heterocycles. The van der Waals surface area contributed by atoms with Gasteiger partial charge in [-0.2, -0.15) is 10.2 Å². The van der Waals surface area contributed by atoms with E-state index in [1.807, 2.05) is 30.4 Å². The van der Waals surface area contributed by atoms with Crippen LogP contribution in [0.3, 0.4) is 0 Å². The Labute approximate surface area is 107 Å². The molecule has 2 heterocycles. The number of nitrogens with one attached hydrogen (secondary N) is 1. The molecule has 0 aliphatic rings. The van der Waals surface area contributed by atoms with Crippen LogP contribution in [0.1, 0.15) is 30.2 Å². The molecule has 0 saturated heterocycles. The van der Waals surface area contributed by atoms with Gasteiger partial charge in [0.2, 0.25) is 0 Å². The van der Waals surface area contributed by atoms with Crippen LogP contribution in [0.15, 0.2) is 12.4 Å². The Morgan fingerprint density at radius 2 is 2.22 bits per heavy atom. The molecule has 0 aromatic carbocycles. The van der Waals surface area contributed by atoms with Crippen LogP contribution in [0.2, 0.25) is 0 Å². The van der Waals surface area contributed by atoms with Crippen molar-refractivity contribution in [3.05, 3.63) is 29.6 Å². The van der Waals surface area contributed by atoms with Crippen molar-refractivity contribution < 1.29 is 0 Å². The molecular formula is C12H20N6. The molecule has 0 bridgehead atoms. The summed E-state index contributed by atoms with van der Waals surface area (Å²) < 4.78 is 3.84. The maximum atomic E-state index is 4.48. The van der Waals surface area contributed by atoms with E-state index in [4.69, 9.17) is 0 Å². The first-order valence-electron chi connectivity index (χ1n) is 6.20. The van der Waals surface area contributed by atoms with Crippen LogP contribution in [0.5, 0.6) is 0 Å². The van der Waals surface area contributed by atoms with Crippen LogP contribution >= 0.6 is 0 Å². The van der Waals surface area contributed by atoms with E-state index in [1.54, 1.807) is 6.33 Å². The number of likely N-dealkylation sites (N-methyl/N-ethyl adjacent to an activating group) is 1. The van der Waals surface area contributed by atoms with Crippen molar-refractivity contribution in [1.29, 1.82) is 0 Å². The summed E-state index contributed by atoms with van der Waals surface area (Å²) in [5, 5.41) is 11.9. The van der Waals surface area contributed by atoms with Gasteiger partial charge < -0.3 is 5.32 Å². The second-order valence-corrected chi connectivity index (χ2v) is 4.37. The van der Waals surface area contributed by atoms with Crippen molar-refractivity contribution in [3.8, 4) is 0 Å². The standard InChI is InChI=1S/C12H20N6/c1-5-18-11(6-9(2)16-18)10(13-3)7-12-14-8-15-17(12)4/h6,8,10,13H,5,7H2,1-4H3. The van der Waals surface area contributed by atoms with E-state index >= 15 is 0 Å². The lowest BCUT2D eigenvalue weighted by Gasteiger charge is -2.16. The third-order valence-corrected chi connectivity index (χ3v) is 3.13. The first-order chi connectivity index (χ1) is 8.65. The van der Waals surface area contributed by atoms with Gasteiger partial charge >= 0.3 is 0 Å². The molecule has 0 spiro atoms. The van der Waals surface area contributed by atoms with Gasteiger partial charge in [0.25, 0.3) is 0 Å². The molecule has 2 aromatic heterocycles. The smallest absolute Gasteiger partial charge is 0.138 e. The largest absolute Gasteiger partial charge is 0.311 e. The van der Waals surface area contributed by atoms with E-state index in [1.165, 1.54) is 5.69 Å². The SMILES string of the molecule is CCn1nc(C)cc1C(Cc1ncnn1C)NC. The van der Waals surface area contributed by atoms with E-state index in [2.05, 4.69) is 33.5 Å². The molecule has 0 amide bonds. The molecule has 0 fully saturated rings. The predicted octanol–water partition coefficient (Wildman–Crippen LogP) is 0.843. The van der Waals surface area contributed by atoms with E-state index in [0.29, 0.717) is 0 Å². The fourth-order valence-corrected chi connectivity index (χ4v) is 2.14. The average Bonchev–Trinajstić information content (AvgIpc) is 2.92. The Bertz CT molecular complexity index is 512. The number of hydrogen-bond acceptors (Lipinski definition) is 4. The highest BCUT2D eigenvalue weighted by molar-refractivity contribution is 5.15. The van der Waals surface area contributed by atoms with Crippen molar-refractivity contribution in [1.82, 2.24) is 29.9 Å². The minimum atomic E-state index is 0.203. The normalized spacial score (nSPS) is 12.9. The maximum absolute atomic E-state index is 4.48. The fourth-order valence-electron chi connectivity index (χ4n) is 2.14. The summed E-state index contributed by atoms with van der Waals surface area (Å²) in [4.78, 5) is 4.27. The van der Waals surface area contributed by atoms with E-state index < -0.39 is 0 Å². The van der Waals surface area contributed by atoms with Crippen molar-refractivity contribution in [2.45, 2.75) is 32.9 Å². The quantitative estimate of drug-likeness (QED) is 0.852. The van der Waals surface area contributed by atoms with E-state index in [-0.39, 0.29) is 6.04 Å². The number of aromatic nitrogens is 5. The molecule has 1 atom stereocenters. The van der Waals surface area contributed by atoms with Gasteiger partial charge in [0.05, 0.1) is 17.4 Å². The lowest BCUT2D eigenvalue weighted by molar-refractivity contribution is 0.495. The summed E-state index contributed by atoms with van der Waals surface area (Å²) in [7, 11) is 3.88. The Morgan fingerprint density at radius 3 is 2.78 bits per heavy atom. The Kier molecular flexibility index (Phi) is 3.76. The van der Waals surface area contributed by atoms with Crippen LogP contribution in [0.4, 0.5) is 0 Å². The molecule has 18 heavy (non-hydrogen) atoms. The number of hydrogen-bond donors (Lipinski definition) is 1. The second-order valence-electron chi connectivity index (χ2n) is 4.37. The highest BCUT2D eigenvalue weighted by Crippen LogP contribution is 2.18. The zero-order valence-electron chi connectivity index (χ0n) is 11.4.